The summed E-state index contributed by atoms with van der Waals surface area (Å²) in [4.78, 5) is 0. The minimum Gasteiger partial charge on any atom is -0.504 e. The van der Waals surface area contributed by atoms with Crippen LogP contribution in [0.1, 0.15) is 11.1 Å². The molecule has 0 heterocycles. The van der Waals surface area contributed by atoms with Crippen LogP contribution >= 0.6 is 0 Å². The first-order valence-electron chi connectivity index (χ1n) is 6.45. The molecule has 0 aliphatic heterocycles. The average Bonchev–Trinajstić information content (AvgIpc) is 2.54. The molecule has 110 valence electrons. The lowest BCUT2D eigenvalue weighted by molar-refractivity contribution is 0.363. The standard InChI is InChI=1S/C17H18O4/c1-19-14-8-5-12(6-9-14)4-7-13-10-15(20-2)11-16(21-3)17(13)18/h4-11,18H,1-3H3. The van der Waals surface area contributed by atoms with E-state index >= 15 is 0 Å². The van der Waals surface area contributed by atoms with E-state index in [9.17, 15) is 5.11 Å². The average molecular weight is 286 g/mol. The SMILES string of the molecule is COc1ccc(C=Cc2cc(OC)cc(OC)c2O)cc1. The van der Waals surface area contributed by atoms with E-state index < -0.39 is 0 Å². The number of phenols is 1. The number of methoxy groups -OCH3 is 3. The van der Waals surface area contributed by atoms with Crippen molar-refractivity contribution in [2.24, 2.45) is 0 Å². The normalized spacial score (nSPS) is 10.6. The van der Waals surface area contributed by atoms with Crippen LogP contribution in [0.4, 0.5) is 0 Å². The van der Waals surface area contributed by atoms with Gasteiger partial charge >= 0.3 is 0 Å². The molecule has 0 aliphatic carbocycles. The third kappa shape index (κ3) is 3.48. The van der Waals surface area contributed by atoms with Gasteiger partial charge in [-0.3, -0.25) is 0 Å². The first kappa shape index (κ1) is 14.8. The van der Waals surface area contributed by atoms with E-state index in [4.69, 9.17) is 14.2 Å². The fourth-order valence-corrected chi connectivity index (χ4v) is 1.90. The molecule has 0 aliphatic rings. The summed E-state index contributed by atoms with van der Waals surface area (Å²) in [6, 6.07) is 11.0. The first-order chi connectivity index (χ1) is 10.2. The van der Waals surface area contributed by atoms with Gasteiger partial charge in [-0.05, 0) is 23.8 Å². The van der Waals surface area contributed by atoms with Gasteiger partial charge in [0, 0.05) is 11.6 Å². The minimum absolute atomic E-state index is 0.0862. The topological polar surface area (TPSA) is 47.9 Å². The largest absolute Gasteiger partial charge is 0.504 e. The lowest BCUT2D eigenvalue weighted by atomic mass is 10.1. The predicted octanol–water partition coefficient (Wildman–Crippen LogP) is 3.59. The van der Waals surface area contributed by atoms with Crippen molar-refractivity contribution in [2.75, 3.05) is 21.3 Å². The summed E-state index contributed by atoms with van der Waals surface area (Å²) in [5, 5.41) is 10.1. The van der Waals surface area contributed by atoms with Crippen molar-refractivity contribution in [1.82, 2.24) is 0 Å². The third-order valence-electron chi connectivity index (χ3n) is 3.10. The number of rotatable bonds is 5. The van der Waals surface area contributed by atoms with Crippen LogP contribution in [0.3, 0.4) is 0 Å². The van der Waals surface area contributed by atoms with Crippen LogP contribution in [-0.2, 0) is 0 Å². The Balaban J connectivity index is 2.30. The summed E-state index contributed by atoms with van der Waals surface area (Å²) in [6.45, 7) is 0. The molecule has 0 spiro atoms. The van der Waals surface area contributed by atoms with E-state index in [0.717, 1.165) is 11.3 Å². The molecule has 0 amide bonds. The van der Waals surface area contributed by atoms with E-state index in [2.05, 4.69) is 0 Å². The van der Waals surface area contributed by atoms with Crippen molar-refractivity contribution in [3.05, 3.63) is 47.5 Å². The lowest BCUT2D eigenvalue weighted by Gasteiger charge is -2.09. The Labute approximate surface area is 124 Å². The fourth-order valence-electron chi connectivity index (χ4n) is 1.90. The molecule has 21 heavy (non-hydrogen) atoms. The van der Waals surface area contributed by atoms with E-state index in [-0.39, 0.29) is 5.75 Å². The summed E-state index contributed by atoms with van der Waals surface area (Å²) in [6.07, 6.45) is 3.70. The molecule has 0 radical (unpaired) electrons. The number of ether oxygens (including phenoxy) is 3. The molecule has 0 saturated carbocycles. The summed E-state index contributed by atoms with van der Waals surface area (Å²) < 4.78 is 15.4. The van der Waals surface area contributed by atoms with Gasteiger partial charge in [-0.15, -0.1) is 0 Å². The van der Waals surface area contributed by atoms with E-state index in [1.54, 1.807) is 26.4 Å². The summed E-state index contributed by atoms with van der Waals surface area (Å²) in [5.74, 6) is 1.89. The molecule has 0 unspecified atom stereocenters. The molecule has 0 atom stereocenters. The van der Waals surface area contributed by atoms with Crippen LogP contribution in [0, 0.1) is 0 Å². The van der Waals surface area contributed by atoms with Crippen LogP contribution in [0.5, 0.6) is 23.0 Å². The highest BCUT2D eigenvalue weighted by atomic mass is 16.5. The molecule has 2 aromatic carbocycles. The number of benzene rings is 2. The zero-order valence-corrected chi connectivity index (χ0v) is 12.3. The maximum atomic E-state index is 10.1. The Morgan fingerprint density at radius 3 is 2.05 bits per heavy atom. The van der Waals surface area contributed by atoms with E-state index in [0.29, 0.717) is 17.1 Å². The summed E-state index contributed by atoms with van der Waals surface area (Å²) in [7, 11) is 4.71. The molecule has 4 heteroatoms. The fraction of sp³-hybridized carbons (Fsp3) is 0.176. The van der Waals surface area contributed by atoms with Crippen molar-refractivity contribution in [2.45, 2.75) is 0 Å². The molecule has 2 aromatic rings. The van der Waals surface area contributed by atoms with Gasteiger partial charge in [0.05, 0.1) is 21.3 Å². The Bertz CT molecular complexity index is 630. The Morgan fingerprint density at radius 1 is 0.810 bits per heavy atom. The van der Waals surface area contributed by atoms with Crippen molar-refractivity contribution in [1.29, 1.82) is 0 Å². The number of phenolic OH excluding ortho intramolecular Hbond substituents is 1. The van der Waals surface area contributed by atoms with Crippen LogP contribution < -0.4 is 14.2 Å². The van der Waals surface area contributed by atoms with Crippen molar-refractivity contribution >= 4 is 12.2 Å². The maximum Gasteiger partial charge on any atom is 0.165 e. The number of aromatic hydroxyl groups is 1. The van der Waals surface area contributed by atoms with Crippen LogP contribution in [0.25, 0.3) is 12.2 Å². The molecule has 4 nitrogen and oxygen atoms in total. The maximum absolute atomic E-state index is 10.1. The van der Waals surface area contributed by atoms with Crippen LogP contribution in [0.2, 0.25) is 0 Å². The molecule has 0 aromatic heterocycles. The molecule has 2 rings (SSSR count). The van der Waals surface area contributed by atoms with Crippen LogP contribution in [0.15, 0.2) is 36.4 Å². The molecule has 0 bridgehead atoms. The zero-order valence-electron chi connectivity index (χ0n) is 12.3. The van der Waals surface area contributed by atoms with Crippen molar-refractivity contribution < 1.29 is 19.3 Å². The van der Waals surface area contributed by atoms with Gasteiger partial charge in [-0.25, -0.2) is 0 Å². The second-order valence-electron chi connectivity index (χ2n) is 4.37. The summed E-state index contributed by atoms with van der Waals surface area (Å²) in [5.41, 5.74) is 1.62. The Morgan fingerprint density at radius 2 is 1.48 bits per heavy atom. The van der Waals surface area contributed by atoms with Crippen LogP contribution in [-0.4, -0.2) is 26.4 Å². The Kier molecular flexibility index (Phi) is 4.72. The second-order valence-corrected chi connectivity index (χ2v) is 4.37. The molecular formula is C17H18O4. The van der Waals surface area contributed by atoms with Gasteiger partial charge in [0.15, 0.2) is 11.5 Å². The highest BCUT2D eigenvalue weighted by Gasteiger charge is 2.08. The van der Waals surface area contributed by atoms with Gasteiger partial charge in [0.1, 0.15) is 11.5 Å². The molecule has 1 N–H and O–H groups in total. The van der Waals surface area contributed by atoms with Gasteiger partial charge in [-0.1, -0.05) is 24.3 Å². The van der Waals surface area contributed by atoms with Crippen molar-refractivity contribution in [3.63, 3.8) is 0 Å². The monoisotopic (exact) mass is 286 g/mol. The number of hydrogen-bond donors (Lipinski definition) is 1. The third-order valence-corrected chi connectivity index (χ3v) is 3.10. The van der Waals surface area contributed by atoms with Crippen molar-refractivity contribution in [3.8, 4) is 23.0 Å². The molecule has 0 saturated heterocycles. The smallest absolute Gasteiger partial charge is 0.165 e. The number of hydrogen-bond acceptors (Lipinski definition) is 4. The lowest BCUT2D eigenvalue weighted by Crippen LogP contribution is -1.89. The van der Waals surface area contributed by atoms with E-state index in [1.807, 2.05) is 36.4 Å². The quantitative estimate of drug-likeness (QED) is 0.853. The molecular weight excluding hydrogens is 268 g/mol. The van der Waals surface area contributed by atoms with Gasteiger partial charge in [0.25, 0.3) is 0 Å². The Hall–Kier alpha value is -2.62. The predicted molar refractivity (Wildman–Crippen MR) is 83.1 cm³/mol. The zero-order chi connectivity index (χ0) is 15.2. The van der Waals surface area contributed by atoms with E-state index in [1.165, 1.54) is 7.11 Å². The van der Waals surface area contributed by atoms with Gasteiger partial charge in [0.2, 0.25) is 0 Å². The second kappa shape index (κ2) is 6.70. The van der Waals surface area contributed by atoms with Gasteiger partial charge in [-0.2, -0.15) is 0 Å². The van der Waals surface area contributed by atoms with Gasteiger partial charge < -0.3 is 19.3 Å². The molecule has 0 fully saturated rings. The summed E-state index contributed by atoms with van der Waals surface area (Å²) >= 11 is 0. The minimum atomic E-state index is 0.0862. The first-order valence-corrected chi connectivity index (χ1v) is 6.45. The highest BCUT2D eigenvalue weighted by molar-refractivity contribution is 5.75. The highest BCUT2D eigenvalue weighted by Crippen LogP contribution is 2.35.